The number of hydrogen-bond acceptors (Lipinski definition) is 4. The van der Waals surface area contributed by atoms with Gasteiger partial charge in [0.15, 0.2) is 11.5 Å². The zero-order valence-corrected chi connectivity index (χ0v) is 18.1. The van der Waals surface area contributed by atoms with Gasteiger partial charge in [-0.2, -0.15) is 5.10 Å². The molecule has 5 nitrogen and oxygen atoms in total. The third-order valence-corrected chi connectivity index (χ3v) is 5.88. The Balaban J connectivity index is 1.85. The Kier molecular flexibility index (Phi) is 4.75. The van der Waals surface area contributed by atoms with Crippen molar-refractivity contribution in [3.8, 4) is 28.4 Å². The van der Waals surface area contributed by atoms with Gasteiger partial charge in [-0.25, -0.2) is 4.68 Å². The van der Waals surface area contributed by atoms with E-state index in [0.717, 1.165) is 44.3 Å². The molecule has 2 aromatic heterocycles. The molecule has 0 fully saturated rings. The number of hydrogen-bond donors (Lipinski definition) is 0. The van der Waals surface area contributed by atoms with Gasteiger partial charge in [0.25, 0.3) is 0 Å². The summed E-state index contributed by atoms with van der Waals surface area (Å²) < 4.78 is 12.8. The Morgan fingerprint density at radius 2 is 1.68 bits per heavy atom. The summed E-state index contributed by atoms with van der Waals surface area (Å²) in [5, 5.41) is 7.68. The quantitative estimate of drug-likeness (QED) is 0.340. The second-order valence-electron chi connectivity index (χ2n) is 7.30. The number of rotatable bonds is 4. The highest BCUT2D eigenvalue weighted by Crippen LogP contribution is 2.37. The number of ether oxygens (including phenoxy) is 2. The number of pyridine rings is 1. The van der Waals surface area contributed by atoms with E-state index in [2.05, 4.69) is 11.1 Å². The van der Waals surface area contributed by atoms with Crippen LogP contribution in [-0.4, -0.2) is 29.0 Å². The van der Waals surface area contributed by atoms with Gasteiger partial charge >= 0.3 is 0 Å². The average molecular weight is 430 g/mol. The van der Waals surface area contributed by atoms with Crippen LogP contribution in [0.3, 0.4) is 0 Å². The summed E-state index contributed by atoms with van der Waals surface area (Å²) in [5.41, 5.74) is 5.53. The van der Waals surface area contributed by atoms with E-state index < -0.39 is 0 Å². The molecule has 0 unspecified atom stereocenters. The summed E-state index contributed by atoms with van der Waals surface area (Å²) in [7, 11) is 3.25. The standard InChI is InChI=1S/C25H20ClN3O2/c1-15-8-10-17(13-20(15)26)29-25-18-6-4-5-7-21(18)27-14-19(25)24(28-29)16-9-11-22(30-2)23(12-16)31-3/h4-14H,1-3H3. The van der Waals surface area contributed by atoms with E-state index in [0.29, 0.717) is 16.5 Å². The van der Waals surface area contributed by atoms with Crippen molar-refractivity contribution >= 4 is 33.4 Å². The topological polar surface area (TPSA) is 49.2 Å². The van der Waals surface area contributed by atoms with Gasteiger partial charge in [0.1, 0.15) is 5.69 Å². The Morgan fingerprint density at radius 3 is 2.45 bits per heavy atom. The van der Waals surface area contributed by atoms with Crippen LogP contribution in [0.4, 0.5) is 0 Å². The number of methoxy groups -OCH3 is 2. The van der Waals surface area contributed by atoms with Crippen LogP contribution in [0.25, 0.3) is 38.8 Å². The zero-order chi connectivity index (χ0) is 21.5. The maximum Gasteiger partial charge on any atom is 0.161 e. The molecule has 31 heavy (non-hydrogen) atoms. The fourth-order valence-electron chi connectivity index (χ4n) is 3.83. The maximum absolute atomic E-state index is 6.45. The molecule has 0 N–H and O–H groups in total. The van der Waals surface area contributed by atoms with Crippen LogP contribution in [-0.2, 0) is 0 Å². The molecule has 5 rings (SSSR count). The van der Waals surface area contributed by atoms with E-state index >= 15 is 0 Å². The lowest BCUT2D eigenvalue weighted by molar-refractivity contribution is 0.355. The predicted octanol–water partition coefficient (Wildman–Crippen LogP) is 6.22. The maximum atomic E-state index is 6.45. The van der Waals surface area contributed by atoms with Gasteiger partial charge in [0, 0.05) is 27.6 Å². The molecule has 0 aliphatic carbocycles. The Hall–Kier alpha value is -3.57. The van der Waals surface area contributed by atoms with Crippen molar-refractivity contribution in [2.45, 2.75) is 6.92 Å². The summed E-state index contributed by atoms with van der Waals surface area (Å²) in [5.74, 6) is 1.32. The summed E-state index contributed by atoms with van der Waals surface area (Å²) in [6.45, 7) is 1.99. The number of aromatic nitrogens is 3. The minimum Gasteiger partial charge on any atom is -0.493 e. The van der Waals surface area contributed by atoms with Crippen molar-refractivity contribution in [1.29, 1.82) is 0 Å². The summed E-state index contributed by atoms with van der Waals surface area (Å²) in [4.78, 5) is 4.68. The molecule has 0 radical (unpaired) electrons. The predicted molar refractivity (Wildman–Crippen MR) is 125 cm³/mol. The highest BCUT2D eigenvalue weighted by Gasteiger charge is 2.18. The van der Waals surface area contributed by atoms with Crippen molar-refractivity contribution < 1.29 is 9.47 Å². The van der Waals surface area contributed by atoms with Crippen molar-refractivity contribution in [3.63, 3.8) is 0 Å². The molecular formula is C25H20ClN3O2. The second kappa shape index (κ2) is 7.60. The fraction of sp³-hybridized carbons (Fsp3) is 0.120. The van der Waals surface area contributed by atoms with Crippen molar-refractivity contribution in [1.82, 2.24) is 14.8 Å². The van der Waals surface area contributed by atoms with Crippen molar-refractivity contribution in [3.05, 3.63) is 77.4 Å². The first-order chi connectivity index (χ1) is 15.1. The fourth-order valence-corrected chi connectivity index (χ4v) is 4.00. The van der Waals surface area contributed by atoms with E-state index in [1.165, 1.54) is 0 Å². The SMILES string of the molecule is COc1ccc(-c2nn(-c3ccc(C)c(Cl)c3)c3c2cnc2ccccc23)cc1OC. The van der Waals surface area contributed by atoms with Crippen LogP contribution < -0.4 is 9.47 Å². The molecule has 5 aromatic rings. The lowest BCUT2D eigenvalue weighted by Crippen LogP contribution is -1.98. The first-order valence-corrected chi connectivity index (χ1v) is 10.2. The van der Waals surface area contributed by atoms with Gasteiger partial charge in [-0.3, -0.25) is 4.98 Å². The van der Waals surface area contributed by atoms with Crippen LogP contribution in [0.5, 0.6) is 11.5 Å². The molecule has 0 spiro atoms. The minimum atomic E-state index is 0.648. The molecule has 0 atom stereocenters. The van der Waals surface area contributed by atoms with Crippen molar-refractivity contribution in [2.75, 3.05) is 14.2 Å². The molecule has 2 heterocycles. The number of fused-ring (bicyclic) bond motifs is 3. The highest BCUT2D eigenvalue weighted by molar-refractivity contribution is 6.31. The van der Waals surface area contributed by atoms with Crippen LogP contribution >= 0.6 is 11.6 Å². The summed E-state index contributed by atoms with van der Waals surface area (Å²) >= 11 is 6.45. The number of aryl methyl sites for hydroxylation is 1. The lowest BCUT2D eigenvalue weighted by atomic mass is 10.1. The van der Waals surface area contributed by atoms with E-state index in [1.807, 2.05) is 72.4 Å². The normalized spacial score (nSPS) is 11.2. The smallest absolute Gasteiger partial charge is 0.161 e. The molecule has 6 heteroatoms. The number of benzene rings is 3. The monoisotopic (exact) mass is 429 g/mol. The third-order valence-electron chi connectivity index (χ3n) is 5.47. The summed E-state index contributed by atoms with van der Waals surface area (Å²) in [6.07, 6.45) is 1.88. The summed E-state index contributed by atoms with van der Waals surface area (Å²) in [6, 6.07) is 19.8. The number of nitrogens with zero attached hydrogens (tertiary/aromatic N) is 3. The van der Waals surface area contributed by atoms with Gasteiger partial charge in [0.05, 0.1) is 30.9 Å². The molecule has 0 saturated heterocycles. The molecule has 154 valence electrons. The minimum absolute atomic E-state index is 0.648. The lowest BCUT2D eigenvalue weighted by Gasteiger charge is -2.08. The largest absolute Gasteiger partial charge is 0.493 e. The Labute approximate surface area is 184 Å². The molecular weight excluding hydrogens is 410 g/mol. The molecule has 0 aliphatic heterocycles. The van der Waals surface area contributed by atoms with Crippen LogP contribution in [0.2, 0.25) is 5.02 Å². The van der Waals surface area contributed by atoms with E-state index in [9.17, 15) is 0 Å². The van der Waals surface area contributed by atoms with Crippen LogP contribution in [0, 0.1) is 6.92 Å². The second-order valence-corrected chi connectivity index (χ2v) is 7.71. The molecule has 3 aromatic carbocycles. The first-order valence-electron chi connectivity index (χ1n) is 9.86. The molecule has 0 bridgehead atoms. The van der Waals surface area contributed by atoms with Gasteiger partial charge in [0.2, 0.25) is 0 Å². The van der Waals surface area contributed by atoms with Crippen LogP contribution in [0.15, 0.2) is 66.9 Å². The Bertz CT molecular complexity index is 1440. The van der Waals surface area contributed by atoms with Gasteiger partial charge in [-0.1, -0.05) is 35.9 Å². The average Bonchev–Trinajstić information content (AvgIpc) is 3.20. The molecule has 0 saturated carbocycles. The third kappa shape index (κ3) is 3.18. The van der Waals surface area contributed by atoms with Gasteiger partial charge in [-0.05, 0) is 48.9 Å². The molecule has 0 aliphatic rings. The number of para-hydroxylation sites is 1. The number of halogens is 1. The van der Waals surface area contributed by atoms with E-state index in [-0.39, 0.29) is 0 Å². The Morgan fingerprint density at radius 1 is 0.871 bits per heavy atom. The van der Waals surface area contributed by atoms with Crippen molar-refractivity contribution in [2.24, 2.45) is 0 Å². The first kappa shape index (κ1) is 19.4. The van der Waals surface area contributed by atoms with E-state index in [4.69, 9.17) is 26.2 Å². The van der Waals surface area contributed by atoms with Crippen LogP contribution in [0.1, 0.15) is 5.56 Å². The highest BCUT2D eigenvalue weighted by atomic mass is 35.5. The molecule has 0 amide bonds. The van der Waals surface area contributed by atoms with Gasteiger partial charge < -0.3 is 9.47 Å². The zero-order valence-electron chi connectivity index (χ0n) is 17.4. The van der Waals surface area contributed by atoms with E-state index in [1.54, 1.807) is 14.2 Å². The van der Waals surface area contributed by atoms with Gasteiger partial charge in [-0.15, -0.1) is 0 Å².